The summed E-state index contributed by atoms with van der Waals surface area (Å²) in [6.07, 6.45) is 2.22. The Balaban J connectivity index is 2.16. The molecule has 1 heterocycles. The zero-order valence-corrected chi connectivity index (χ0v) is 10.9. The average Bonchev–Trinajstić information content (AvgIpc) is 2.61. The van der Waals surface area contributed by atoms with Crippen LogP contribution in [0, 0.1) is 0 Å². The molecule has 4 nitrogen and oxygen atoms in total. The number of nitrogens with zero attached hydrogens (tertiary/aromatic N) is 2. The highest BCUT2D eigenvalue weighted by atomic mass is 16.5. The largest absolute Gasteiger partial charge is 0.389 e. The van der Waals surface area contributed by atoms with E-state index in [2.05, 4.69) is 23.9 Å². The van der Waals surface area contributed by atoms with Crippen LogP contribution in [0.5, 0.6) is 0 Å². The highest BCUT2D eigenvalue weighted by Crippen LogP contribution is 2.15. The molecule has 0 saturated carbocycles. The van der Waals surface area contributed by atoms with Crippen molar-refractivity contribution in [3.63, 3.8) is 0 Å². The first-order valence-corrected chi connectivity index (χ1v) is 6.28. The van der Waals surface area contributed by atoms with Gasteiger partial charge in [0.05, 0.1) is 12.7 Å². The monoisotopic (exact) mass is 230 g/mol. The zero-order chi connectivity index (χ0) is 12.0. The van der Waals surface area contributed by atoms with E-state index in [9.17, 15) is 5.11 Å². The summed E-state index contributed by atoms with van der Waals surface area (Å²) in [4.78, 5) is 4.61. The number of rotatable bonds is 7. The maximum absolute atomic E-state index is 9.71. The number of ether oxygens (including phenoxy) is 1. The lowest BCUT2D eigenvalue weighted by atomic mass is 10.2. The second kappa shape index (κ2) is 7.22. The number of aliphatic hydroxyl groups is 1. The lowest BCUT2D eigenvalue weighted by Gasteiger charge is -2.27. The van der Waals surface area contributed by atoms with E-state index in [0.29, 0.717) is 25.8 Å². The van der Waals surface area contributed by atoms with Crippen LogP contribution in [0.1, 0.15) is 19.8 Å². The fraction of sp³-hybridized carbons (Fsp3) is 1.00. The second-order valence-electron chi connectivity index (χ2n) is 4.81. The van der Waals surface area contributed by atoms with Gasteiger partial charge in [-0.05, 0) is 40.4 Å². The predicted octanol–water partition coefficient (Wildman–Crippen LogP) is 0.410. The summed E-state index contributed by atoms with van der Waals surface area (Å²) in [7, 11) is 4.25. The van der Waals surface area contributed by atoms with Gasteiger partial charge in [-0.1, -0.05) is 0 Å². The molecule has 0 aromatic heterocycles. The Morgan fingerprint density at radius 1 is 1.56 bits per heavy atom. The Labute approximate surface area is 99.2 Å². The molecular formula is C12H26N2O2. The van der Waals surface area contributed by atoms with Crippen LogP contribution < -0.4 is 0 Å². The molecule has 0 aromatic rings. The van der Waals surface area contributed by atoms with E-state index in [0.717, 1.165) is 6.54 Å². The Kier molecular flexibility index (Phi) is 6.28. The van der Waals surface area contributed by atoms with Gasteiger partial charge in [-0.15, -0.1) is 0 Å². The van der Waals surface area contributed by atoms with Crippen LogP contribution in [-0.2, 0) is 4.74 Å². The molecule has 0 radical (unpaired) electrons. The van der Waals surface area contributed by atoms with Crippen LogP contribution in [0.15, 0.2) is 0 Å². The molecule has 96 valence electrons. The van der Waals surface area contributed by atoms with Gasteiger partial charge in [0.2, 0.25) is 0 Å². The van der Waals surface area contributed by atoms with Crippen LogP contribution in [0.4, 0.5) is 0 Å². The topological polar surface area (TPSA) is 35.9 Å². The van der Waals surface area contributed by atoms with E-state index in [4.69, 9.17) is 4.74 Å². The number of hydrogen-bond donors (Lipinski definition) is 1. The van der Waals surface area contributed by atoms with Crippen molar-refractivity contribution < 1.29 is 9.84 Å². The van der Waals surface area contributed by atoms with Gasteiger partial charge in [-0.25, -0.2) is 0 Å². The summed E-state index contributed by atoms with van der Waals surface area (Å²) in [6, 6.07) is 0.657. The van der Waals surface area contributed by atoms with Gasteiger partial charge in [0.1, 0.15) is 0 Å². The molecule has 1 fully saturated rings. The van der Waals surface area contributed by atoms with Crippen molar-refractivity contribution in [1.29, 1.82) is 0 Å². The molecule has 0 aliphatic carbocycles. The minimum Gasteiger partial charge on any atom is -0.389 e. The van der Waals surface area contributed by atoms with E-state index >= 15 is 0 Å². The fourth-order valence-corrected chi connectivity index (χ4v) is 2.31. The van der Waals surface area contributed by atoms with Gasteiger partial charge >= 0.3 is 0 Å². The Morgan fingerprint density at radius 3 is 2.88 bits per heavy atom. The molecule has 1 aliphatic heterocycles. The van der Waals surface area contributed by atoms with Crippen molar-refractivity contribution in [3.8, 4) is 0 Å². The van der Waals surface area contributed by atoms with Crippen molar-refractivity contribution in [2.24, 2.45) is 0 Å². The van der Waals surface area contributed by atoms with Crippen LogP contribution in [0.2, 0.25) is 0 Å². The summed E-state index contributed by atoms with van der Waals surface area (Å²) in [6.45, 7) is 6.02. The third-order valence-electron chi connectivity index (χ3n) is 3.23. The quantitative estimate of drug-likeness (QED) is 0.687. The van der Waals surface area contributed by atoms with Gasteiger partial charge in [0.15, 0.2) is 0 Å². The van der Waals surface area contributed by atoms with Gasteiger partial charge in [-0.2, -0.15) is 0 Å². The zero-order valence-electron chi connectivity index (χ0n) is 10.9. The van der Waals surface area contributed by atoms with Crippen molar-refractivity contribution in [1.82, 2.24) is 9.80 Å². The lowest BCUT2D eigenvalue weighted by Crippen LogP contribution is -2.40. The van der Waals surface area contributed by atoms with E-state index in [1.165, 1.54) is 19.4 Å². The first kappa shape index (κ1) is 13.9. The first-order valence-electron chi connectivity index (χ1n) is 6.28. The third-order valence-corrected chi connectivity index (χ3v) is 3.23. The number of hydrogen-bond acceptors (Lipinski definition) is 4. The van der Waals surface area contributed by atoms with Crippen LogP contribution in [-0.4, -0.2) is 74.0 Å². The van der Waals surface area contributed by atoms with E-state index in [1.54, 1.807) is 0 Å². The smallest absolute Gasteiger partial charge is 0.0900 e. The normalized spacial score (nSPS) is 24.2. The maximum atomic E-state index is 9.71. The number of likely N-dealkylation sites (tertiary alicyclic amines) is 1. The predicted molar refractivity (Wildman–Crippen MR) is 65.6 cm³/mol. The summed E-state index contributed by atoms with van der Waals surface area (Å²) < 4.78 is 5.20. The molecule has 0 bridgehead atoms. The molecule has 0 spiro atoms. The van der Waals surface area contributed by atoms with Crippen LogP contribution in [0.25, 0.3) is 0 Å². The SMILES string of the molecule is CCOCC(O)CN(C)CC1CCCN1C. The van der Waals surface area contributed by atoms with Crippen LogP contribution in [0.3, 0.4) is 0 Å². The van der Waals surface area contributed by atoms with Gasteiger partial charge in [0, 0.05) is 25.7 Å². The van der Waals surface area contributed by atoms with E-state index in [-0.39, 0.29) is 6.10 Å². The van der Waals surface area contributed by atoms with E-state index < -0.39 is 0 Å². The molecular weight excluding hydrogens is 204 g/mol. The number of likely N-dealkylation sites (N-methyl/N-ethyl adjacent to an activating group) is 2. The standard InChI is InChI=1S/C12H26N2O2/c1-4-16-10-12(15)9-13(2)8-11-6-5-7-14(11)3/h11-12,15H,4-10H2,1-3H3. The fourth-order valence-electron chi connectivity index (χ4n) is 2.31. The third kappa shape index (κ3) is 4.78. The van der Waals surface area contributed by atoms with Gasteiger partial charge in [-0.3, -0.25) is 0 Å². The summed E-state index contributed by atoms with van der Waals surface area (Å²) in [5.74, 6) is 0. The maximum Gasteiger partial charge on any atom is 0.0900 e. The van der Waals surface area contributed by atoms with Crippen LogP contribution >= 0.6 is 0 Å². The summed E-state index contributed by atoms with van der Waals surface area (Å²) in [5.41, 5.74) is 0. The minimum atomic E-state index is -0.364. The first-order chi connectivity index (χ1) is 7.63. The molecule has 2 atom stereocenters. The molecule has 0 aromatic carbocycles. The molecule has 16 heavy (non-hydrogen) atoms. The highest BCUT2D eigenvalue weighted by molar-refractivity contribution is 4.79. The van der Waals surface area contributed by atoms with Crippen molar-refractivity contribution in [3.05, 3.63) is 0 Å². The Hall–Kier alpha value is -0.160. The summed E-state index contributed by atoms with van der Waals surface area (Å²) >= 11 is 0. The molecule has 4 heteroatoms. The van der Waals surface area contributed by atoms with Crippen molar-refractivity contribution in [2.75, 3.05) is 46.9 Å². The van der Waals surface area contributed by atoms with Gasteiger partial charge < -0.3 is 19.6 Å². The summed E-state index contributed by atoms with van der Waals surface area (Å²) in [5, 5.41) is 9.71. The van der Waals surface area contributed by atoms with Crippen molar-refractivity contribution >= 4 is 0 Å². The minimum absolute atomic E-state index is 0.364. The molecule has 0 amide bonds. The second-order valence-corrected chi connectivity index (χ2v) is 4.81. The van der Waals surface area contributed by atoms with Crippen molar-refractivity contribution in [2.45, 2.75) is 31.9 Å². The molecule has 2 unspecified atom stereocenters. The molecule has 1 aliphatic rings. The Bertz CT molecular complexity index is 190. The average molecular weight is 230 g/mol. The lowest BCUT2D eigenvalue weighted by molar-refractivity contribution is 0.0227. The molecule has 1 rings (SSSR count). The number of aliphatic hydroxyl groups excluding tert-OH is 1. The Morgan fingerprint density at radius 2 is 2.31 bits per heavy atom. The highest BCUT2D eigenvalue weighted by Gasteiger charge is 2.22. The van der Waals surface area contributed by atoms with E-state index in [1.807, 2.05) is 6.92 Å². The molecule has 1 saturated heterocycles. The molecule has 1 N–H and O–H groups in total. The van der Waals surface area contributed by atoms with Gasteiger partial charge in [0.25, 0.3) is 0 Å².